The Kier molecular flexibility index (Phi) is 5.13. The number of ether oxygens (including phenoxy) is 1. The largest absolute Gasteiger partial charge is 0.378 e. The van der Waals surface area contributed by atoms with Crippen LogP contribution < -0.4 is 0 Å². The minimum absolute atomic E-state index is 0.294. The van der Waals surface area contributed by atoms with Crippen molar-refractivity contribution < 1.29 is 13.2 Å². The summed E-state index contributed by atoms with van der Waals surface area (Å²) in [6.45, 7) is 6.66. The van der Waals surface area contributed by atoms with Gasteiger partial charge in [0.2, 0.25) is 0 Å². The predicted octanol–water partition coefficient (Wildman–Crippen LogP) is 2.26. The second kappa shape index (κ2) is 6.80. The Bertz CT molecular complexity index is 607. The lowest BCUT2D eigenvalue weighted by atomic mass is 9.80. The SMILES string of the molecule is CO[C@H]1CN(C(C)C)[C@H]1C1CCN(S(=O)(=O)c2cccs2)CC1. The van der Waals surface area contributed by atoms with Crippen LogP contribution in [0.2, 0.25) is 0 Å². The van der Waals surface area contributed by atoms with Crippen molar-refractivity contribution in [3.63, 3.8) is 0 Å². The summed E-state index contributed by atoms with van der Waals surface area (Å²) in [5, 5.41) is 1.82. The van der Waals surface area contributed by atoms with E-state index in [4.69, 9.17) is 4.74 Å². The Morgan fingerprint density at radius 3 is 2.52 bits per heavy atom. The van der Waals surface area contributed by atoms with Gasteiger partial charge in [0.05, 0.1) is 6.10 Å². The highest BCUT2D eigenvalue weighted by atomic mass is 32.2. The average Bonchev–Trinajstić information content (AvgIpc) is 3.02. The summed E-state index contributed by atoms with van der Waals surface area (Å²) in [4.78, 5) is 2.49. The van der Waals surface area contributed by atoms with E-state index in [0.717, 1.165) is 19.4 Å². The lowest BCUT2D eigenvalue weighted by molar-refractivity contribution is -0.127. The summed E-state index contributed by atoms with van der Waals surface area (Å²) in [7, 11) is -1.52. The first-order valence-electron chi connectivity index (χ1n) is 8.27. The molecule has 2 atom stereocenters. The predicted molar refractivity (Wildman–Crippen MR) is 92.2 cm³/mol. The van der Waals surface area contributed by atoms with Crippen molar-refractivity contribution in [2.45, 2.75) is 49.1 Å². The zero-order chi connectivity index (χ0) is 16.6. The number of nitrogens with zero attached hydrogens (tertiary/aromatic N) is 2. The molecule has 0 amide bonds. The van der Waals surface area contributed by atoms with Crippen LogP contribution in [0.4, 0.5) is 0 Å². The van der Waals surface area contributed by atoms with E-state index in [1.54, 1.807) is 23.5 Å². The van der Waals surface area contributed by atoms with Gasteiger partial charge in [-0.25, -0.2) is 8.42 Å². The fourth-order valence-corrected chi connectivity index (χ4v) is 6.47. The number of likely N-dealkylation sites (tertiary alicyclic amines) is 1. The van der Waals surface area contributed by atoms with Crippen LogP contribution >= 0.6 is 11.3 Å². The molecule has 5 nitrogen and oxygen atoms in total. The molecule has 2 fully saturated rings. The van der Waals surface area contributed by atoms with E-state index < -0.39 is 10.0 Å². The molecule has 0 aromatic carbocycles. The molecule has 1 aromatic heterocycles. The average molecular weight is 359 g/mol. The van der Waals surface area contributed by atoms with Gasteiger partial charge < -0.3 is 4.74 Å². The van der Waals surface area contributed by atoms with Crippen LogP contribution in [0.1, 0.15) is 26.7 Å². The molecular formula is C16H26N2O3S2. The molecule has 0 unspecified atom stereocenters. The molecule has 1 aromatic rings. The highest BCUT2D eigenvalue weighted by Gasteiger charge is 2.46. The number of hydrogen-bond donors (Lipinski definition) is 0. The zero-order valence-corrected chi connectivity index (χ0v) is 15.6. The second-order valence-corrected chi connectivity index (χ2v) is 9.84. The molecule has 0 radical (unpaired) electrons. The maximum atomic E-state index is 12.6. The van der Waals surface area contributed by atoms with Gasteiger partial charge >= 0.3 is 0 Å². The number of thiophene rings is 1. The summed E-state index contributed by atoms with van der Waals surface area (Å²) >= 11 is 1.30. The van der Waals surface area contributed by atoms with E-state index in [1.807, 2.05) is 5.38 Å². The van der Waals surface area contributed by atoms with Crippen LogP contribution in [0.3, 0.4) is 0 Å². The number of hydrogen-bond acceptors (Lipinski definition) is 5. The van der Waals surface area contributed by atoms with Gasteiger partial charge in [0.25, 0.3) is 10.0 Å². The van der Waals surface area contributed by atoms with Crippen LogP contribution in [-0.4, -0.2) is 62.6 Å². The standard InChI is InChI=1S/C16H26N2O3S2/c1-12(2)18-11-14(21-3)16(18)13-6-8-17(9-7-13)23(19,20)15-5-4-10-22-15/h4-5,10,12-14,16H,6-9,11H2,1-3H3/t14-,16-/m0/s1. The summed E-state index contributed by atoms with van der Waals surface area (Å²) in [6, 6.07) is 4.44. The van der Waals surface area contributed by atoms with E-state index in [0.29, 0.717) is 41.4 Å². The lowest BCUT2D eigenvalue weighted by Crippen LogP contribution is -2.66. The van der Waals surface area contributed by atoms with Crippen molar-refractivity contribution >= 4 is 21.4 Å². The zero-order valence-electron chi connectivity index (χ0n) is 14.0. The highest BCUT2D eigenvalue weighted by molar-refractivity contribution is 7.91. The molecule has 0 aliphatic carbocycles. The third-order valence-electron chi connectivity index (χ3n) is 5.19. The van der Waals surface area contributed by atoms with Crippen LogP contribution in [0, 0.1) is 5.92 Å². The molecule has 2 aliphatic heterocycles. The third kappa shape index (κ3) is 3.22. The number of rotatable bonds is 5. The molecule has 0 saturated carbocycles. The number of piperidine rings is 1. The molecular weight excluding hydrogens is 332 g/mol. The molecule has 130 valence electrons. The molecule has 23 heavy (non-hydrogen) atoms. The van der Waals surface area contributed by atoms with E-state index in [9.17, 15) is 8.42 Å². The molecule has 3 heterocycles. The van der Waals surface area contributed by atoms with E-state index in [2.05, 4.69) is 18.7 Å². The quantitative estimate of drug-likeness (QED) is 0.810. The normalized spacial score (nSPS) is 28.2. The summed E-state index contributed by atoms with van der Waals surface area (Å²) in [5.74, 6) is 0.519. The van der Waals surface area contributed by atoms with Crippen molar-refractivity contribution in [1.82, 2.24) is 9.21 Å². The smallest absolute Gasteiger partial charge is 0.252 e. The summed E-state index contributed by atoms with van der Waals surface area (Å²) < 4.78 is 32.9. The van der Waals surface area contributed by atoms with Crippen LogP contribution in [-0.2, 0) is 14.8 Å². The van der Waals surface area contributed by atoms with Crippen molar-refractivity contribution in [2.75, 3.05) is 26.7 Å². The fourth-order valence-electron chi connectivity index (χ4n) is 3.85. The molecule has 3 rings (SSSR count). The lowest BCUT2D eigenvalue weighted by Gasteiger charge is -2.54. The molecule has 0 spiro atoms. The highest BCUT2D eigenvalue weighted by Crippen LogP contribution is 2.36. The Hall–Kier alpha value is -0.470. The van der Waals surface area contributed by atoms with Gasteiger partial charge in [-0.05, 0) is 44.1 Å². The first-order chi connectivity index (χ1) is 10.9. The van der Waals surface area contributed by atoms with Gasteiger partial charge in [0, 0.05) is 38.8 Å². The van der Waals surface area contributed by atoms with Gasteiger partial charge in [-0.3, -0.25) is 4.90 Å². The first kappa shape index (κ1) is 17.4. The maximum Gasteiger partial charge on any atom is 0.252 e. The molecule has 0 bridgehead atoms. The van der Waals surface area contributed by atoms with Gasteiger partial charge in [-0.1, -0.05) is 6.07 Å². The Balaban J connectivity index is 1.64. The van der Waals surface area contributed by atoms with E-state index in [-0.39, 0.29) is 0 Å². The van der Waals surface area contributed by atoms with Crippen molar-refractivity contribution in [2.24, 2.45) is 5.92 Å². The Morgan fingerprint density at radius 1 is 1.30 bits per heavy atom. The third-order valence-corrected chi connectivity index (χ3v) is 8.46. The van der Waals surface area contributed by atoms with Crippen LogP contribution in [0.15, 0.2) is 21.7 Å². The van der Waals surface area contributed by atoms with Crippen LogP contribution in [0.5, 0.6) is 0 Å². The summed E-state index contributed by atoms with van der Waals surface area (Å²) in [5.41, 5.74) is 0. The monoisotopic (exact) mass is 358 g/mol. The van der Waals surface area contributed by atoms with Crippen molar-refractivity contribution in [3.05, 3.63) is 17.5 Å². The topological polar surface area (TPSA) is 49.9 Å². The summed E-state index contributed by atoms with van der Waals surface area (Å²) in [6.07, 6.45) is 2.12. The first-order valence-corrected chi connectivity index (χ1v) is 10.6. The van der Waals surface area contributed by atoms with Gasteiger partial charge in [-0.15, -0.1) is 11.3 Å². The molecule has 2 aliphatic rings. The van der Waals surface area contributed by atoms with E-state index in [1.165, 1.54) is 11.3 Å². The number of methoxy groups -OCH3 is 1. The molecule has 2 saturated heterocycles. The van der Waals surface area contributed by atoms with Gasteiger partial charge in [0.1, 0.15) is 4.21 Å². The minimum Gasteiger partial charge on any atom is -0.378 e. The second-order valence-electron chi connectivity index (χ2n) is 6.73. The van der Waals surface area contributed by atoms with Gasteiger partial charge in [0.15, 0.2) is 0 Å². The minimum atomic E-state index is -3.30. The molecule has 0 N–H and O–H groups in total. The van der Waals surface area contributed by atoms with E-state index >= 15 is 0 Å². The van der Waals surface area contributed by atoms with Crippen molar-refractivity contribution in [1.29, 1.82) is 0 Å². The van der Waals surface area contributed by atoms with Crippen LogP contribution in [0.25, 0.3) is 0 Å². The van der Waals surface area contributed by atoms with Gasteiger partial charge in [-0.2, -0.15) is 4.31 Å². The Morgan fingerprint density at radius 2 is 2.00 bits per heavy atom. The van der Waals surface area contributed by atoms with Crippen molar-refractivity contribution in [3.8, 4) is 0 Å². The Labute approximate surface area is 143 Å². The molecule has 7 heteroatoms. The number of sulfonamides is 1. The fraction of sp³-hybridized carbons (Fsp3) is 0.750. The maximum absolute atomic E-state index is 12.6.